The number of unbranched alkanes of at least 4 members (excludes halogenated alkanes) is 3. The molecule has 2 heterocycles. The first kappa shape index (κ1) is 24.1. The Kier molecular flexibility index (Phi) is 7.50. The fraction of sp³-hybridized carbons (Fsp3) is 0.296. The molecule has 182 valence electrons. The number of hydrogen-bond donors (Lipinski definition) is 0. The molecule has 0 unspecified atom stereocenters. The maximum Gasteiger partial charge on any atom is 0.427 e. The topological polar surface area (TPSA) is 91.1 Å². The fourth-order valence-electron chi connectivity index (χ4n) is 3.75. The predicted octanol–water partition coefficient (Wildman–Crippen LogP) is 6.19. The van der Waals surface area contributed by atoms with Gasteiger partial charge in [-0.3, -0.25) is 0 Å². The SMILES string of the molecule is CCCCCC=C1C(=O)OC(=O)N1c1ccc(OCc2nc(-c3ccccc3)oc2C)c(OC)c1. The molecule has 1 fully saturated rings. The molecule has 1 aliphatic rings. The summed E-state index contributed by atoms with van der Waals surface area (Å²) in [6.07, 6.45) is 4.73. The number of oxazole rings is 1. The molecule has 0 saturated carbocycles. The van der Waals surface area contributed by atoms with Crippen molar-refractivity contribution in [3.8, 4) is 23.0 Å². The Labute approximate surface area is 204 Å². The smallest absolute Gasteiger partial charge is 0.427 e. The lowest BCUT2D eigenvalue weighted by Crippen LogP contribution is -2.22. The van der Waals surface area contributed by atoms with E-state index in [1.54, 1.807) is 24.3 Å². The lowest BCUT2D eigenvalue weighted by atomic mass is 10.1. The molecule has 0 bridgehead atoms. The molecule has 8 nitrogen and oxygen atoms in total. The normalized spacial score (nSPS) is 14.5. The van der Waals surface area contributed by atoms with Gasteiger partial charge in [-0.15, -0.1) is 0 Å². The minimum Gasteiger partial charge on any atom is -0.493 e. The monoisotopic (exact) mass is 476 g/mol. The Morgan fingerprint density at radius 2 is 1.86 bits per heavy atom. The van der Waals surface area contributed by atoms with Crippen molar-refractivity contribution < 1.29 is 28.2 Å². The molecule has 35 heavy (non-hydrogen) atoms. The number of esters is 1. The summed E-state index contributed by atoms with van der Waals surface area (Å²) in [5.74, 6) is 1.41. The van der Waals surface area contributed by atoms with Gasteiger partial charge in [-0.25, -0.2) is 19.5 Å². The van der Waals surface area contributed by atoms with E-state index in [4.69, 9.17) is 18.6 Å². The van der Waals surface area contributed by atoms with Crippen LogP contribution >= 0.6 is 0 Å². The van der Waals surface area contributed by atoms with E-state index in [0.29, 0.717) is 41.0 Å². The molecule has 0 N–H and O–H groups in total. The minimum absolute atomic E-state index is 0.171. The second kappa shape index (κ2) is 10.9. The average molecular weight is 477 g/mol. The number of carbonyl (C=O) groups is 2. The van der Waals surface area contributed by atoms with Gasteiger partial charge in [-0.1, -0.05) is 44.0 Å². The number of aryl methyl sites for hydroxylation is 1. The molecule has 2 aromatic carbocycles. The fourth-order valence-corrected chi connectivity index (χ4v) is 3.75. The number of allylic oxidation sites excluding steroid dienone is 1. The molecule has 1 saturated heterocycles. The zero-order valence-corrected chi connectivity index (χ0v) is 20.1. The standard InChI is InChI=1S/C27H28N2O6/c1-4-5-6-10-13-22-26(30)35-27(31)29(22)20-14-15-23(24(16-20)32-3)33-17-21-18(2)34-25(28-21)19-11-8-7-9-12-19/h7-9,11-16H,4-6,10,17H2,1-3H3. The molecule has 1 amide bonds. The summed E-state index contributed by atoms with van der Waals surface area (Å²) in [6.45, 7) is 4.11. The first-order valence-corrected chi connectivity index (χ1v) is 11.6. The maximum atomic E-state index is 12.4. The molecule has 8 heteroatoms. The van der Waals surface area contributed by atoms with Crippen molar-refractivity contribution in [3.05, 3.63) is 71.8 Å². The highest BCUT2D eigenvalue weighted by molar-refractivity contribution is 6.15. The summed E-state index contributed by atoms with van der Waals surface area (Å²) in [6, 6.07) is 14.6. The highest BCUT2D eigenvalue weighted by Crippen LogP contribution is 2.36. The van der Waals surface area contributed by atoms with Crippen LogP contribution in [-0.4, -0.2) is 24.2 Å². The Balaban J connectivity index is 1.51. The van der Waals surface area contributed by atoms with Gasteiger partial charge in [0, 0.05) is 11.6 Å². The third-order valence-electron chi connectivity index (χ3n) is 5.64. The van der Waals surface area contributed by atoms with Gasteiger partial charge in [0.15, 0.2) is 11.5 Å². The Morgan fingerprint density at radius 1 is 1.06 bits per heavy atom. The van der Waals surface area contributed by atoms with E-state index in [2.05, 4.69) is 11.9 Å². The maximum absolute atomic E-state index is 12.4. The number of nitrogens with zero attached hydrogens (tertiary/aromatic N) is 2. The molecule has 1 aromatic heterocycles. The Morgan fingerprint density at radius 3 is 2.60 bits per heavy atom. The number of aromatic nitrogens is 1. The molecular weight excluding hydrogens is 448 g/mol. The summed E-state index contributed by atoms with van der Waals surface area (Å²) in [5, 5.41) is 0. The second-order valence-corrected chi connectivity index (χ2v) is 8.09. The number of rotatable bonds is 10. The van der Waals surface area contributed by atoms with Crippen molar-refractivity contribution in [2.45, 2.75) is 46.1 Å². The number of anilines is 1. The number of amides is 1. The third kappa shape index (κ3) is 5.37. The van der Waals surface area contributed by atoms with Crippen LogP contribution in [-0.2, 0) is 16.1 Å². The van der Waals surface area contributed by atoms with Crippen LogP contribution in [0.4, 0.5) is 10.5 Å². The Hall–Kier alpha value is -4.07. The molecular formula is C27H28N2O6. The van der Waals surface area contributed by atoms with Gasteiger partial charge in [0.05, 0.1) is 12.8 Å². The molecule has 1 aliphatic heterocycles. The van der Waals surface area contributed by atoms with Gasteiger partial charge in [0.25, 0.3) is 0 Å². The molecule has 0 radical (unpaired) electrons. The summed E-state index contributed by atoms with van der Waals surface area (Å²) in [7, 11) is 1.51. The number of carbonyl (C=O) groups excluding carboxylic acids is 2. The van der Waals surface area contributed by atoms with Gasteiger partial charge in [-0.2, -0.15) is 0 Å². The van der Waals surface area contributed by atoms with Crippen LogP contribution in [0.1, 0.15) is 44.1 Å². The third-order valence-corrected chi connectivity index (χ3v) is 5.64. The summed E-state index contributed by atoms with van der Waals surface area (Å²) in [4.78, 5) is 30.4. The zero-order valence-electron chi connectivity index (χ0n) is 20.1. The highest BCUT2D eigenvalue weighted by atomic mass is 16.6. The first-order valence-electron chi connectivity index (χ1n) is 11.6. The van der Waals surface area contributed by atoms with Crippen LogP contribution in [0.15, 0.2) is 64.7 Å². The van der Waals surface area contributed by atoms with Crippen LogP contribution in [0.25, 0.3) is 11.5 Å². The van der Waals surface area contributed by atoms with Crippen LogP contribution in [0.3, 0.4) is 0 Å². The van der Waals surface area contributed by atoms with Crippen molar-refractivity contribution >= 4 is 17.7 Å². The molecule has 0 atom stereocenters. The number of methoxy groups -OCH3 is 1. The average Bonchev–Trinajstić information content (AvgIpc) is 3.38. The van der Waals surface area contributed by atoms with E-state index >= 15 is 0 Å². The zero-order chi connectivity index (χ0) is 24.8. The van der Waals surface area contributed by atoms with Crippen molar-refractivity contribution in [1.29, 1.82) is 0 Å². The number of hydrogen-bond acceptors (Lipinski definition) is 7. The van der Waals surface area contributed by atoms with Gasteiger partial charge in [0.2, 0.25) is 5.89 Å². The largest absolute Gasteiger partial charge is 0.493 e. The molecule has 0 spiro atoms. The summed E-state index contributed by atoms with van der Waals surface area (Å²) in [5.41, 5.74) is 2.22. The first-order chi connectivity index (χ1) is 17.0. The Bertz CT molecular complexity index is 1230. The van der Waals surface area contributed by atoms with Crippen LogP contribution in [0.2, 0.25) is 0 Å². The molecule has 3 aromatic rings. The number of benzene rings is 2. The van der Waals surface area contributed by atoms with E-state index < -0.39 is 12.1 Å². The van der Waals surface area contributed by atoms with Crippen molar-refractivity contribution in [1.82, 2.24) is 4.98 Å². The number of ether oxygens (including phenoxy) is 3. The van der Waals surface area contributed by atoms with Crippen LogP contribution < -0.4 is 14.4 Å². The lowest BCUT2D eigenvalue weighted by Gasteiger charge is -2.17. The van der Waals surface area contributed by atoms with E-state index in [9.17, 15) is 9.59 Å². The van der Waals surface area contributed by atoms with Gasteiger partial charge < -0.3 is 18.6 Å². The van der Waals surface area contributed by atoms with E-state index in [0.717, 1.165) is 24.8 Å². The van der Waals surface area contributed by atoms with Gasteiger partial charge in [-0.05, 0) is 44.0 Å². The van der Waals surface area contributed by atoms with E-state index in [1.807, 2.05) is 37.3 Å². The van der Waals surface area contributed by atoms with Gasteiger partial charge >= 0.3 is 12.1 Å². The highest BCUT2D eigenvalue weighted by Gasteiger charge is 2.37. The predicted molar refractivity (Wildman–Crippen MR) is 130 cm³/mol. The second-order valence-electron chi connectivity index (χ2n) is 8.09. The van der Waals surface area contributed by atoms with Crippen molar-refractivity contribution in [2.24, 2.45) is 0 Å². The van der Waals surface area contributed by atoms with Crippen molar-refractivity contribution in [2.75, 3.05) is 12.0 Å². The molecule has 0 aliphatic carbocycles. The number of cyclic esters (lactones) is 2. The quantitative estimate of drug-likeness (QED) is 0.149. The lowest BCUT2D eigenvalue weighted by molar-refractivity contribution is -0.130. The summed E-state index contributed by atoms with van der Waals surface area (Å²) < 4.78 is 22.1. The van der Waals surface area contributed by atoms with E-state index in [-0.39, 0.29) is 12.3 Å². The van der Waals surface area contributed by atoms with Crippen LogP contribution in [0, 0.1) is 6.92 Å². The van der Waals surface area contributed by atoms with Crippen LogP contribution in [0.5, 0.6) is 11.5 Å². The minimum atomic E-state index is -0.737. The van der Waals surface area contributed by atoms with Gasteiger partial charge in [0.1, 0.15) is 23.8 Å². The van der Waals surface area contributed by atoms with E-state index in [1.165, 1.54) is 12.0 Å². The molecule has 4 rings (SSSR count). The van der Waals surface area contributed by atoms with Crippen molar-refractivity contribution in [3.63, 3.8) is 0 Å². The summed E-state index contributed by atoms with van der Waals surface area (Å²) >= 11 is 0.